The van der Waals surface area contributed by atoms with Crippen LogP contribution in [-0.2, 0) is 28.4 Å². The minimum absolute atomic E-state index is 0.0227. The molecule has 0 aliphatic carbocycles. The normalized spacial score (nSPS) is 16.2. The van der Waals surface area contributed by atoms with Gasteiger partial charge in [-0.05, 0) is 42.7 Å². The summed E-state index contributed by atoms with van der Waals surface area (Å²) in [7, 11) is 1.33. The highest BCUT2D eigenvalue weighted by Gasteiger charge is 2.42. The third-order valence-electron chi connectivity index (χ3n) is 7.34. The van der Waals surface area contributed by atoms with E-state index < -0.39 is 67.2 Å². The zero-order chi connectivity index (χ0) is 35.2. The molecule has 1 aliphatic rings. The Bertz CT molecular complexity index is 1560. The lowest BCUT2D eigenvalue weighted by atomic mass is 9.92. The van der Waals surface area contributed by atoms with E-state index in [1.807, 2.05) is 0 Å². The SMILES string of the molecule is CC[C@@H]1CC(N(Cc2cc(C(F)(F)F)cc(C(F)(F)F)c2)c2ncc(OCCO)cn2)c2nc(OC)ccc2N1C(=O)OCCC(=O)O. The van der Waals surface area contributed by atoms with Gasteiger partial charge in [-0.25, -0.2) is 19.7 Å². The van der Waals surface area contributed by atoms with Crippen molar-refractivity contribution in [2.24, 2.45) is 0 Å². The number of pyridine rings is 1. The first-order chi connectivity index (χ1) is 22.7. The number of alkyl halides is 6. The van der Waals surface area contributed by atoms with Gasteiger partial charge in [0.05, 0.1) is 61.1 Å². The van der Waals surface area contributed by atoms with E-state index in [0.717, 1.165) is 0 Å². The maximum atomic E-state index is 13.8. The van der Waals surface area contributed by atoms with E-state index in [0.29, 0.717) is 18.6 Å². The third kappa shape index (κ3) is 8.53. The number of fused-ring (bicyclic) bond motifs is 1. The van der Waals surface area contributed by atoms with E-state index in [2.05, 4.69) is 15.0 Å². The van der Waals surface area contributed by atoms with Crippen molar-refractivity contribution >= 4 is 23.7 Å². The number of carboxylic acid groups (broad SMARTS) is 1. The van der Waals surface area contributed by atoms with Gasteiger partial charge in [0.25, 0.3) is 0 Å². The number of methoxy groups -OCH3 is 1. The van der Waals surface area contributed by atoms with Crippen LogP contribution < -0.4 is 19.3 Å². The van der Waals surface area contributed by atoms with Crippen LogP contribution in [0.15, 0.2) is 42.7 Å². The van der Waals surface area contributed by atoms with Gasteiger partial charge in [-0.2, -0.15) is 26.3 Å². The molecule has 3 heterocycles. The fourth-order valence-electron chi connectivity index (χ4n) is 5.17. The number of carbonyl (C=O) groups excluding carboxylic acids is 1. The molecule has 0 bridgehead atoms. The van der Waals surface area contributed by atoms with Gasteiger partial charge < -0.3 is 29.3 Å². The summed E-state index contributed by atoms with van der Waals surface area (Å²) in [5.74, 6) is -1.09. The first-order valence-electron chi connectivity index (χ1n) is 14.5. The van der Waals surface area contributed by atoms with E-state index in [1.54, 1.807) is 6.92 Å². The van der Waals surface area contributed by atoms with Crippen molar-refractivity contribution in [3.8, 4) is 11.6 Å². The number of halogens is 6. The first kappa shape index (κ1) is 36.0. The topological polar surface area (TPSA) is 147 Å². The van der Waals surface area contributed by atoms with Crippen LogP contribution in [-0.4, -0.2) is 70.2 Å². The smallest absolute Gasteiger partial charge is 0.416 e. The molecule has 3 aromatic rings. The molecule has 0 radical (unpaired) electrons. The van der Waals surface area contributed by atoms with Crippen LogP contribution in [0.3, 0.4) is 0 Å². The molecule has 2 atom stereocenters. The van der Waals surface area contributed by atoms with E-state index in [-0.39, 0.29) is 60.2 Å². The highest BCUT2D eigenvalue weighted by atomic mass is 19.4. The summed E-state index contributed by atoms with van der Waals surface area (Å²) < 4.78 is 98.5. The molecule has 2 N–H and O–H groups in total. The van der Waals surface area contributed by atoms with Crippen LogP contribution in [0.5, 0.6) is 11.6 Å². The van der Waals surface area contributed by atoms with E-state index in [4.69, 9.17) is 24.4 Å². The number of aliphatic hydroxyl groups is 1. The average molecular weight is 688 g/mol. The van der Waals surface area contributed by atoms with Gasteiger partial charge in [0.2, 0.25) is 11.8 Å². The maximum absolute atomic E-state index is 13.8. The van der Waals surface area contributed by atoms with Crippen molar-refractivity contribution in [3.63, 3.8) is 0 Å². The summed E-state index contributed by atoms with van der Waals surface area (Å²) >= 11 is 0. The Hall–Kier alpha value is -4.87. The number of anilines is 2. The lowest BCUT2D eigenvalue weighted by Crippen LogP contribution is -2.48. The highest BCUT2D eigenvalue weighted by Crippen LogP contribution is 2.44. The second-order valence-corrected chi connectivity index (χ2v) is 10.5. The summed E-state index contributed by atoms with van der Waals surface area (Å²) in [6, 6.07) is 2.57. The Morgan fingerprint density at radius 3 is 2.21 bits per heavy atom. The number of ether oxygens (including phenoxy) is 3. The van der Waals surface area contributed by atoms with Crippen LogP contribution in [0.4, 0.5) is 42.8 Å². The summed E-state index contributed by atoms with van der Waals surface area (Å²) in [6.07, 6.45) is -8.73. The summed E-state index contributed by atoms with van der Waals surface area (Å²) in [4.78, 5) is 39.9. The summed E-state index contributed by atoms with van der Waals surface area (Å²) in [5, 5.41) is 18.0. The molecule has 0 spiro atoms. The number of amides is 1. The van der Waals surface area contributed by atoms with Gasteiger partial charge in [0, 0.05) is 18.7 Å². The molecule has 0 saturated heterocycles. The maximum Gasteiger partial charge on any atom is 0.416 e. The number of aliphatic carboxylic acids is 1. The van der Waals surface area contributed by atoms with Gasteiger partial charge in [0.1, 0.15) is 13.2 Å². The Balaban J connectivity index is 1.87. The molecule has 2 aromatic heterocycles. The fourth-order valence-corrected chi connectivity index (χ4v) is 5.17. The predicted octanol–water partition coefficient (Wildman–Crippen LogP) is 5.64. The Morgan fingerprint density at radius 1 is 1.02 bits per heavy atom. The second kappa shape index (κ2) is 14.9. The number of nitrogens with zero attached hydrogens (tertiary/aromatic N) is 5. The lowest BCUT2D eigenvalue weighted by Gasteiger charge is -2.43. The molecule has 4 rings (SSSR count). The Labute approximate surface area is 269 Å². The highest BCUT2D eigenvalue weighted by molar-refractivity contribution is 5.90. The van der Waals surface area contributed by atoms with Crippen molar-refractivity contribution in [2.45, 2.75) is 57.2 Å². The number of carboxylic acids is 1. The number of hydrogen-bond donors (Lipinski definition) is 2. The van der Waals surface area contributed by atoms with Crippen molar-refractivity contribution in [1.29, 1.82) is 0 Å². The number of hydrogen-bond acceptors (Lipinski definition) is 10. The van der Waals surface area contributed by atoms with E-state index in [1.165, 1.54) is 41.4 Å². The summed E-state index contributed by atoms with van der Waals surface area (Å²) in [6.45, 7) is 0.355. The van der Waals surface area contributed by atoms with Crippen LogP contribution in [0, 0.1) is 0 Å². The molecule has 1 aliphatic heterocycles. The van der Waals surface area contributed by atoms with Crippen LogP contribution in [0.25, 0.3) is 0 Å². The fraction of sp³-hybridized carbons (Fsp3) is 0.433. The number of aliphatic hydroxyl groups excluding tert-OH is 1. The largest absolute Gasteiger partial charge is 0.488 e. The molecular formula is C30H31F6N5O7. The van der Waals surface area contributed by atoms with Crippen molar-refractivity contribution < 1.29 is 60.4 Å². The molecule has 18 heteroatoms. The molecular weight excluding hydrogens is 656 g/mol. The van der Waals surface area contributed by atoms with Gasteiger partial charge >= 0.3 is 24.4 Å². The van der Waals surface area contributed by atoms with Crippen molar-refractivity contribution in [2.75, 3.05) is 36.7 Å². The number of benzene rings is 1. The molecule has 0 fully saturated rings. The molecule has 1 aromatic carbocycles. The average Bonchev–Trinajstić information content (AvgIpc) is 3.04. The lowest BCUT2D eigenvalue weighted by molar-refractivity contribution is -0.143. The van der Waals surface area contributed by atoms with Gasteiger partial charge in [0.15, 0.2) is 5.75 Å². The van der Waals surface area contributed by atoms with Gasteiger partial charge in [-0.15, -0.1) is 0 Å². The quantitative estimate of drug-likeness (QED) is 0.228. The zero-order valence-electron chi connectivity index (χ0n) is 25.6. The molecule has 1 unspecified atom stereocenters. The Kier molecular flexibility index (Phi) is 11.2. The molecule has 260 valence electrons. The monoisotopic (exact) mass is 687 g/mol. The van der Waals surface area contributed by atoms with Crippen LogP contribution >= 0.6 is 0 Å². The molecule has 12 nitrogen and oxygen atoms in total. The minimum Gasteiger partial charge on any atom is -0.488 e. The van der Waals surface area contributed by atoms with E-state index >= 15 is 0 Å². The predicted molar refractivity (Wildman–Crippen MR) is 156 cm³/mol. The first-order valence-corrected chi connectivity index (χ1v) is 14.5. The zero-order valence-corrected chi connectivity index (χ0v) is 25.6. The third-order valence-corrected chi connectivity index (χ3v) is 7.34. The van der Waals surface area contributed by atoms with Gasteiger partial charge in [-0.1, -0.05) is 6.92 Å². The number of aromatic nitrogens is 3. The van der Waals surface area contributed by atoms with Crippen LogP contribution in [0.1, 0.15) is 54.6 Å². The standard InChI is InChI=1S/C30H31F6N5O7/c1-3-20-13-23(26-22(4-5-24(39-26)46-2)41(20)28(45)48-8-6-25(43)44)40(27-37-14-21(15-38-27)47-9-7-42)16-17-10-18(29(31,32)33)12-19(11-17)30(34,35)36/h4-5,10-12,14-15,20,23,42H,3,6-9,13,16H2,1-2H3,(H,43,44)/t20-,23?/m1/s1. The van der Waals surface area contributed by atoms with Crippen molar-refractivity contribution in [3.05, 3.63) is 65.1 Å². The van der Waals surface area contributed by atoms with Gasteiger partial charge in [-0.3, -0.25) is 9.69 Å². The van der Waals surface area contributed by atoms with E-state index in [9.17, 15) is 35.9 Å². The minimum atomic E-state index is -5.09. The number of carbonyl (C=O) groups is 2. The summed E-state index contributed by atoms with van der Waals surface area (Å²) in [5.41, 5.74) is -3.05. The Morgan fingerprint density at radius 2 is 1.67 bits per heavy atom. The molecule has 0 saturated carbocycles. The van der Waals surface area contributed by atoms with Crippen LogP contribution in [0.2, 0.25) is 0 Å². The van der Waals surface area contributed by atoms with Crippen molar-refractivity contribution in [1.82, 2.24) is 15.0 Å². The molecule has 1 amide bonds. The molecule has 48 heavy (non-hydrogen) atoms. The number of rotatable bonds is 12. The second-order valence-electron chi connectivity index (χ2n) is 10.5.